The summed E-state index contributed by atoms with van der Waals surface area (Å²) in [6, 6.07) is 1.88. The van der Waals surface area contributed by atoms with Gasteiger partial charge < -0.3 is 19.7 Å². The van der Waals surface area contributed by atoms with E-state index < -0.39 is 0 Å². The van der Waals surface area contributed by atoms with Crippen molar-refractivity contribution in [2.45, 2.75) is 25.4 Å². The Kier molecular flexibility index (Phi) is 4.26. The van der Waals surface area contributed by atoms with Gasteiger partial charge in [0.1, 0.15) is 12.1 Å². The molecule has 0 radical (unpaired) electrons. The third-order valence-electron chi connectivity index (χ3n) is 5.38. The zero-order valence-corrected chi connectivity index (χ0v) is 14.0. The van der Waals surface area contributed by atoms with Crippen molar-refractivity contribution >= 4 is 11.7 Å². The smallest absolute Gasteiger partial charge is 0.223 e. The van der Waals surface area contributed by atoms with Crippen molar-refractivity contribution in [3.05, 3.63) is 12.4 Å². The van der Waals surface area contributed by atoms with Crippen LogP contribution in [0.1, 0.15) is 19.3 Å². The molecule has 0 unspecified atom stereocenters. The van der Waals surface area contributed by atoms with E-state index in [-0.39, 0.29) is 17.9 Å². The molecule has 1 aliphatic carbocycles. The van der Waals surface area contributed by atoms with E-state index in [1.54, 1.807) is 13.4 Å². The molecule has 0 aromatic carbocycles. The summed E-state index contributed by atoms with van der Waals surface area (Å²) in [5.74, 6) is 2.97. The maximum Gasteiger partial charge on any atom is 0.223 e. The number of anilines is 1. The molecule has 1 aromatic rings. The van der Waals surface area contributed by atoms with Crippen LogP contribution in [-0.2, 0) is 9.53 Å². The lowest BCUT2D eigenvalue weighted by atomic mass is 9.84. The summed E-state index contributed by atoms with van der Waals surface area (Å²) in [5.41, 5.74) is 0. The Labute approximate surface area is 141 Å². The monoisotopic (exact) mass is 332 g/mol. The van der Waals surface area contributed by atoms with Gasteiger partial charge in [0.15, 0.2) is 0 Å². The van der Waals surface area contributed by atoms with E-state index >= 15 is 0 Å². The Bertz CT molecular complexity index is 607. The van der Waals surface area contributed by atoms with Gasteiger partial charge in [-0.25, -0.2) is 9.97 Å². The van der Waals surface area contributed by atoms with Crippen LogP contribution in [0.3, 0.4) is 0 Å². The number of carbonyl (C=O) groups excluding carboxylic acids is 1. The first kappa shape index (κ1) is 15.6. The molecule has 0 bridgehead atoms. The van der Waals surface area contributed by atoms with Crippen molar-refractivity contribution in [3.8, 4) is 5.88 Å². The van der Waals surface area contributed by atoms with E-state index in [1.165, 1.54) is 0 Å². The highest BCUT2D eigenvalue weighted by Crippen LogP contribution is 2.36. The third kappa shape index (κ3) is 3.17. The summed E-state index contributed by atoms with van der Waals surface area (Å²) >= 11 is 0. The minimum Gasteiger partial charge on any atom is -0.481 e. The van der Waals surface area contributed by atoms with Gasteiger partial charge in [0, 0.05) is 37.5 Å². The zero-order chi connectivity index (χ0) is 16.5. The third-order valence-corrected chi connectivity index (χ3v) is 5.38. The zero-order valence-electron chi connectivity index (χ0n) is 14.0. The maximum atomic E-state index is 11.8. The Hall–Kier alpha value is -1.89. The lowest BCUT2D eigenvalue weighted by Crippen LogP contribution is -2.44. The number of aromatic nitrogens is 2. The Morgan fingerprint density at radius 1 is 1.42 bits per heavy atom. The molecular formula is C17H24N4O3. The first-order chi connectivity index (χ1) is 11.7. The summed E-state index contributed by atoms with van der Waals surface area (Å²) < 4.78 is 11.2. The topological polar surface area (TPSA) is 76.6 Å². The Morgan fingerprint density at radius 3 is 3.08 bits per heavy atom. The van der Waals surface area contributed by atoms with Crippen molar-refractivity contribution in [2.24, 2.45) is 17.8 Å². The molecule has 2 saturated heterocycles. The quantitative estimate of drug-likeness (QED) is 0.861. The van der Waals surface area contributed by atoms with Gasteiger partial charge in [-0.05, 0) is 25.2 Å². The molecule has 130 valence electrons. The Balaban J connectivity index is 1.34. The van der Waals surface area contributed by atoms with Crippen LogP contribution in [0.15, 0.2) is 12.4 Å². The average molecular weight is 332 g/mol. The largest absolute Gasteiger partial charge is 0.481 e. The number of amides is 1. The SMILES string of the molecule is COc1cc(N2CC[C@@H]3[C@@H](CO[C@@H]3CNC(=O)C3CC3)C2)ncn1. The number of piperidine rings is 1. The molecule has 7 heteroatoms. The van der Waals surface area contributed by atoms with Crippen molar-refractivity contribution in [1.82, 2.24) is 15.3 Å². The number of carbonyl (C=O) groups is 1. The van der Waals surface area contributed by atoms with Crippen LogP contribution in [0.2, 0.25) is 0 Å². The fourth-order valence-corrected chi connectivity index (χ4v) is 3.81. The highest BCUT2D eigenvalue weighted by molar-refractivity contribution is 5.80. The van der Waals surface area contributed by atoms with Gasteiger partial charge in [-0.1, -0.05) is 0 Å². The van der Waals surface area contributed by atoms with Crippen LogP contribution in [0, 0.1) is 17.8 Å². The van der Waals surface area contributed by atoms with E-state index in [4.69, 9.17) is 9.47 Å². The Morgan fingerprint density at radius 2 is 2.29 bits per heavy atom. The lowest BCUT2D eigenvalue weighted by molar-refractivity contribution is -0.122. The normalized spacial score (nSPS) is 29.2. The van der Waals surface area contributed by atoms with Crippen LogP contribution in [0.5, 0.6) is 5.88 Å². The van der Waals surface area contributed by atoms with Gasteiger partial charge >= 0.3 is 0 Å². The van der Waals surface area contributed by atoms with Crippen molar-refractivity contribution in [3.63, 3.8) is 0 Å². The highest BCUT2D eigenvalue weighted by Gasteiger charge is 2.41. The number of methoxy groups -OCH3 is 1. The molecule has 1 N–H and O–H groups in total. The molecule has 0 spiro atoms. The fraction of sp³-hybridized carbons (Fsp3) is 0.706. The lowest BCUT2D eigenvalue weighted by Gasteiger charge is -2.36. The second kappa shape index (κ2) is 6.55. The standard InChI is InChI=1S/C17H24N4O3/c1-23-16-6-15(19-10-20-16)21-5-4-13-12(8-21)9-24-14(13)7-18-17(22)11-2-3-11/h6,10-14H,2-5,7-9H2,1H3,(H,18,22)/t12-,13-,14-/m1/s1. The summed E-state index contributed by atoms with van der Waals surface area (Å²) in [6.45, 7) is 3.28. The molecular weight excluding hydrogens is 308 g/mol. The van der Waals surface area contributed by atoms with E-state index in [2.05, 4.69) is 20.2 Å². The molecule has 3 aliphatic rings. The first-order valence-electron chi connectivity index (χ1n) is 8.75. The summed E-state index contributed by atoms with van der Waals surface area (Å²) in [6.07, 6.45) is 4.84. The van der Waals surface area contributed by atoms with Gasteiger partial charge in [-0.3, -0.25) is 4.79 Å². The molecule has 3 heterocycles. The summed E-state index contributed by atoms with van der Waals surface area (Å²) in [5, 5.41) is 3.06. The van der Waals surface area contributed by atoms with Gasteiger partial charge in [-0.15, -0.1) is 0 Å². The number of hydrogen-bond donors (Lipinski definition) is 1. The minimum atomic E-state index is 0.153. The van der Waals surface area contributed by atoms with E-state index in [0.29, 0.717) is 24.3 Å². The van der Waals surface area contributed by atoms with Crippen LogP contribution in [0.25, 0.3) is 0 Å². The van der Waals surface area contributed by atoms with Gasteiger partial charge in [0.25, 0.3) is 0 Å². The molecule has 7 nitrogen and oxygen atoms in total. The molecule has 1 saturated carbocycles. The van der Waals surface area contributed by atoms with Crippen molar-refractivity contribution < 1.29 is 14.3 Å². The number of rotatable bonds is 5. The second-order valence-electron chi connectivity index (χ2n) is 6.97. The van der Waals surface area contributed by atoms with E-state index in [1.807, 2.05) is 6.07 Å². The first-order valence-corrected chi connectivity index (χ1v) is 8.75. The number of nitrogens with one attached hydrogen (secondary N) is 1. The van der Waals surface area contributed by atoms with Crippen molar-refractivity contribution in [2.75, 3.05) is 38.3 Å². The van der Waals surface area contributed by atoms with Crippen LogP contribution in [0.4, 0.5) is 5.82 Å². The predicted octanol–water partition coefficient (Wildman–Crippen LogP) is 0.853. The fourth-order valence-electron chi connectivity index (χ4n) is 3.81. The molecule has 1 amide bonds. The molecule has 3 atom stereocenters. The number of hydrogen-bond acceptors (Lipinski definition) is 6. The molecule has 24 heavy (non-hydrogen) atoms. The van der Waals surface area contributed by atoms with Gasteiger partial charge in [0.05, 0.1) is 19.8 Å². The number of fused-ring (bicyclic) bond motifs is 1. The van der Waals surface area contributed by atoms with Gasteiger partial charge in [0.2, 0.25) is 11.8 Å². The number of ether oxygens (including phenoxy) is 2. The molecule has 3 fully saturated rings. The minimum absolute atomic E-state index is 0.153. The van der Waals surface area contributed by atoms with Crippen molar-refractivity contribution in [1.29, 1.82) is 0 Å². The second-order valence-corrected chi connectivity index (χ2v) is 6.97. The average Bonchev–Trinajstić information content (AvgIpc) is 3.40. The maximum absolute atomic E-state index is 11.8. The highest BCUT2D eigenvalue weighted by atomic mass is 16.5. The van der Waals surface area contributed by atoms with E-state index in [9.17, 15) is 4.79 Å². The van der Waals surface area contributed by atoms with E-state index in [0.717, 1.165) is 44.8 Å². The predicted molar refractivity (Wildman–Crippen MR) is 87.9 cm³/mol. The van der Waals surface area contributed by atoms with Crippen LogP contribution >= 0.6 is 0 Å². The molecule has 4 rings (SSSR count). The van der Waals surface area contributed by atoms with Crippen LogP contribution in [-0.4, -0.2) is 55.3 Å². The summed E-state index contributed by atoms with van der Waals surface area (Å²) in [4.78, 5) is 22.5. The number of nitrogens with zero attached hydrogens (tertiary/aromatic N) is 3. The van der Waals surface area contributed by atoms with Crippen LogP contribution < -0.4 is 15.0 Å². The molecule has 1 aromatic heterocycles. The summed E-state index contributed by atoms with van der Waals surface area (Å²) in [7, 11) is 1.61. The van der Waals surface area contributed by atoms with Gasteiger partial charge in [-0.2, -0.15) is 0 Å². The molecule has 2 aliphatic heterocycles.